The van der Waals surface area contributed by atoms with Crippen molar-refractivity contribution < 1.29 is 22.0 Å². The lowest BCUT2D eigenvalue weighted by molar-refractivity contribution is -0.137. The molecule has 0 aliphatic carbocycles. The molecule has 12 aromatic rings. The summed E-state index contributed by atoms with van der Waals surface area (Å²) in [5.74, 6) is -0.565. The van der Waals surface area contributed by atoms with E-state index in [0.717, 1.165) is 24.3 Å². The number of fused-ring (bicyclic) bond motifs is 6. The van der Waals surface area contributed by atoms with Crippen LogP contribution in [0, 0.1) is 11.6 Å². The fourth-order valence-electron chi connectivity index (χ4n) is 9.03. The van der Waals surface area contributed by atoms with Gasteiger partial charge in [0, 0.05) is 98.9 Å². The zero-order chi connectivity index (χ0) is 46.1. The Morgan fingerprint density at radius 1 is 0.338 bits per heavy atom. The van der Waals surface area contributed by atoms with Gasteiger partial charge in [-0.2, -0.15) is 13.2 Å². The fraction of sp³-hybridized carbons (Fsp3) is 0.0189. The van der Waals surface area contributed by atoms with Gasteiger partial charge in [0.2, 0.25) is 0 Å². The van der Waals surface area contributed by atoms with E-state index in [2.05, 4.69) is 39.9 Å². The van der Waals surface area contributed by atoms with Crippen LogP contribution in [0.1, 0.15) is 5.56 Å². The Balaban J connectivity index is 1.29. The first-order valence-corrected chi connectivity index (χ1v) is 21.2. The van der Waals surface area contributed by atoms with E-state index >= 15 is 22.0 Å². The molecular weight excluding hydrogens is 872 g/mol. The molecule has 10 nitrogen and oxygen atoms in total. The minimum absolute atomic E-state index is 0.170. The smallest absolute Gasteiger partial charge is 0.308 e. The zero-order valence-electron chi connectivity index (χ0n) is 35.1. The van der Waals surface area contributed by atoms with Crippen molar-refractivity contribution >= 4 is 43.6 Å². The number of aromatic nitrogens is 10. The molecule has 6 aromatic heterocycles. The lowest BCUT2D eigenvalue weighted by atomic mass is 9.96. The second kappa shape index (κ2) is 15.8. The van der Waals surface area contributed by atoms with Gasteiger partial charge in [-0.3, -0.25) is 0 Å². The van der Waals surface area contributed by atoms with Gasteiger partial charge in [-0.1, -0.05) is 54.6 Å². The molecule has 0 saturated heterocycles. The molecular formula is C53H29F5N10. The van der Waals surface area contributed by atoms with Crippen molar-refractivity contribution in [3.8, 4) is 68.1 Å². The minimum atomic E-state index is -4.97. The third-order valence-electron chi connectivity index (χ3n) is 11.9. The summed E-state index contributed by atoms with van der Waals surface area (Å²) in [4.78, 5) is 35.7. The van der Waals surface area contributed by atoms with Crippen LogP contribution in [-0.2, 0) is 6.18 Å². The van der Waals surface area contributed by atoms with Crippen LogP contribution >= 0.6 is 0 Å². The van der Waals surface area contributed by atoms with Crippen molar-refractivity contribution in [2.24, 2.45) is 0 Å². The average molecular weight is 901 g/mol. The summed E-state index contributed by atoms with van der Waals surface area (Å²) in [5, 5.41) is 2.54. The highest BCUT2D eigenvalue weighted by Gasteiger charge is 2.35. The molecule has 6 aromatic carbocycles. The predicted octanol–water partition coefficient (Wildman–Crippen LogP) is 12.7. The van der Waals surface area contributed by atoms with E-state index in [1.807, 2.05) is 48.5 Å². The lowest BCUT2D eigenvalue weighted by Gasteiger charge is -2.23. The molecule has 0 amide bonds. The normalized spacial score (nSPS) is 11.9. The van der Waals surface area contributed by atoms with E-state index in [1.165, 1.54) is 6.07 Å². The molecule has 0 unspecified atom stereocenters. The molecule has 0 spiro atoms. The molecule has 0 aliphatic heterocycles. The Hall–Kier alpha value is -9.11. The molecule has 0 saturated carbocycles. The summed E-state index contributed by atoms with van der Waals surface area (Å²) in [6.07, 6.45) is 7.72. The maximum Gasteiger partial charge on any atom is 0.416 e. The van der Waals surface area contributed by atoms with Gasteiger partial charge in [0.15, 0.2) is 23.3 Å². The zero-order valence-corrected chi connectivity index (χ0v) is 35.1. The Morgan fingerprint density at radius 3 is 0.912 bits per heavy atom. The first-order chi connectivity index (χ1) is 33.2. The lowest BCUT2D eigenvalue weighted by Crippen LogP contribution is -2.12. The summed E-state index contributed by atoms with van der Waals surface area (Å²) < 4.78 is 84.8. The van der Waals surface area contributed by atoms with E-state index in [0.29, 0.717) is 89.2 Å². The van der Waals surface area contributed by atoms with Gasteiger partial charge in [0.05, 0.1) is 44.6 Å². The van der Waals surface area contributed by atoms with Gasteiger partial charge in [0.25, 0.3) is 0 Å². The largest absolute Gasteiger partial charge is 0.416 e. The molecule has 15 heteroatoms. The highest BCUT2D eigenvalue weighted by Crippen LogP contribution is 2.47. The van der Waals surface area contributed by atoms with Crippen LogP contribution in [0.2, 0.25) is 0 Å². The Morgan fingerprint density at radius 2 is 0.632 bits per heavy atom. The summed E-state index contributed by atoms with van der Waals surface area (Å²) in [6.45, 7) is 0. The van der Waals surface area contributed by atoms with E-state index < -0.39 is 28.9 Å². The number of hydrogen-bond donors (Lipinski definition) is 0. The Kier molecular flexibility index (Phi) is 9.39. The van der Waals surface area contributed by atoms with Gasteiger partial charge in [-0.05, 0) is 72.8 Å². The fourth-order valence-corrected chi connectivity index (χ4v) is 9.03. The molecule has 0 atom stereocenters. The quantitative estimate of drug-likeness (QED) is 0.145. The van der Waals surface area contributed by atoms with Crippen LogP contribution in [0.5, 0.6) is 0 Å². The third-order valence-corrected chi connectivity index (χ3v) is 11.9. The number of hydrogen-bond acceptors (Lipinski definition) is 8. The van der Waals surface area contributed by atoms with Gasteiger partial charge < -0.3 is 9.13 Å². The summed E-state index contributed by atoms with van der Waals surface area (Å²) in [7, 11) is 0. The van der Waals surface area contributed by atoms with Crippen molar-refractivity contribution in [3.63, 3.8) is 0 Å². The molecule has 68 heavy (non-hydrogen) atoms. The summed E-state index contributed by atoms with van der Waals surface area (Å²) >= 11 is 0. The number of benzene rings is 6. The highest BCUT2D eigenvalue weighted by molar-refractivity contribution is 6.14. The van der Waals surface area contributed by atoms with Gasteiger partial charge >= 0.3 is 6.18 Å². The molecule has 0 N–H and O–H groups in total. The van der Waals surface area contributed by atoms with Crippen LogP contribution in [-0.4, -0.2) is 49.0 Å². The molecule has 0 aliphatic rings. The first-order valence-electron chi connectivity index (χ1n) is 21.2. The summed E-state index contributed by atoms with van der Waals surface area (Å²) in [6, 6.07) is 33.7. The Bertz CT molecular complexity index is 3480. The molecule has 0 fully saturated rings. The van der Waals surface area contributed by atoms with E-state index in [9.17, 15) is 0 Å². The SMILES string of the molecule is Fc1cccc(F)c1-c1c(-n2c3cc(-c4ncccn4)ccc3c3ccc(-c4ncccn4)cc32)cc(C(F)(F)F)cc1-n1c2cc(-c3ncccn3)ccc2c2ccc(-c3ncccn3)cc21. The van der Waals surface area contributed by atoms with E-state index in [1.54, 1.807) is 107 Å². The van der Waals surface area contributed by atoms with E-state index in [-0.39, 0.29) is 16.9 Å². The monoisotopic (exact) mass is 900 g/mol. The Labute approximate surface area is 381 Å². The topological polar surface area (TPSA) is 113 Å². The molecule has 0 bridgehead atoms. The molecule has 12 rings (SSSR count). The predicted molar refractivity (Wildman–Crippen MR) is 250 cm³/mol. The van der Waals surface area contributed by atoms with Gasteiger partial charge in [0.1, 0.15) is 11.6 Å². The maximum absolute atomic E-state index is 17.0. The van der Waals surface area contributed by atoms with Crippen LogP contribution in [0.25, 0.3) is 112 Å². The summed E-state index contributed by atoms with van der Waals surface area (Å²) in [5.41, 5.74) is 1.70. The second-order valence-corrected chi connectivity index (χ2v) is 15.9. The standard InChI is InChI=1S/C53H29F5N10/c54-39-6-1-7-40(55)47(39)48-45(67-41-24-30(49-59-16-2-17-60-49)8-12-35(41)36-13-9-31(25-42(36)67)50-61-18-3-19-62-50)28-34(53(56,57)58)29-46(48)68-43-26-32(51-63-20-4-21-64-51)10-14-37(43)38-15-11-33(27-44(38)68)52-65-22-5-23-66-52/h1-29H. The number of halogens is 5. The molecule has 326 valence electrons. The van der Waals surface area contributed by atoms with Crippen LogP contribution in [0.15, 0.2) is 177 Å². The molecule has 0 radical (unpaired) electrons. The number of nitrogens with zero attached hydrogens (tertiary/aromatic N) is 10. The number of alkyl halides is 3. The van der Waals surface area contributed by atoms with Crippen LogP contribution in [0.4, 0.5) is 22.0 Å². The van der Waals surface area contributed by atoms with Gasteiger partial charge in [-0.15, -0.1) is 0 Å². The molecule has 6 heterocycles. The van der Waals surface area contributed by atoms with Crippen LogP contribution < -0.4 is 0 Å². The van der Waals surface area contributed by atoms with Crippen molar-refractivity contribution in [3.05, 3.63) is 194 Å². The minimum Gasteiger partial charge on any atom is -0.308 e. The third kappa shape index (κ3) is 6.70. The maximum atomic E-state index is 17.0. The average Bonchev–Trinajstić information content (AvgIpc) is 3.88. The van der Waals surface area contributed by atoms with Crippen molar-refractivity contribution in [1.82, 2.24) is 49.0 Å². The number of rotatable bonds is 7. The van der Waals surface area contributed by atoms with Crippen molar-refractivity contribution in [2.45, 2.75) is 6.18 Å². The van der Waals surface area contributed by atoms with Crippen LogP contribution in [0.3, 0.4) is 0 Å². The highest BCUT2D eigenvalue weighted by atomic mass is 19.4. The van der Waals surface area contributed by atoms with Gasteiger partial charge in [-0.25, -0.2) is 48.7 Å². The first kappa shape index (κ1) is 40.4. The van der Waals surface area contributed by atoms with Crippen molar-refractivity contribution in [1.29, 1.82) is 0 Å². The van der Waals surface area contributed by atoms with E-state index in [4.69, 9.17) is 0 Å². The van der Waals surface area contributed by atoms with Crippen molar-refractivity contribution in [2.75, 3.05) is 0 Å². The second-order valence-electron chi connectivity index (χ2n) is 15.9.